The molecule has 0 aliphatic rings. The highest BCUT2D eigenvalue weighted by Crippen LogP contribution is 2.17. The van der Waals surface area contributed by atoms with E-state index in [-0.39, 0.29) is 11.5 Å². The number of imidazole rings is 1. The van der Waals surface area contributed by atoms with Crippen molar-refractivity contribution in [2.75, 3.05) is 20.3 Å². The third-order valence-electron chi connectivity index (χ3n) is 4.98. The van der Waals surface area contributed by atoms with Crippen LogP contribution < -0.4 is 10.9 Å². The summed E-state index contributed by atoms with van der Waals surface area (Å²) < 4.78 is 10.4. The fraction of sp³-hybridized carbons (Fsp3) is 0.333. The Balaban J connectivity index is 1.62. The minimum Gasteiger partial charge on any atom is -0.385 e. The van der Waals surface area contributed by atoms with Crippen molar-refractivity contribution in [3.8, 4) is 0 Å². The van der Waals surface area contributed by atoms with Gasteiger partial charge in [-0.2, -0.15) is 0 Å². The Morgan fingerprint density at radius 3 is 2.90 bits per heavy atom. The standard InChI is InChI=1S/C21H24N6O3/c1-30-13-5-11-26-17(20(28)23-7-4-9-25-12-8-22-15-25)14-16-19(26)24-18-6-2-3-10-27(18)21(16)29/h2-3,6,8,10,12,14-15H,4-5,7,9,11,13H2,1H3,(H,23,28). The second-order valence-corrected chi connectivity index (χ2v) is 7.02. The van der Waals surface area contributed by atoms with Crippen molar-refractivity contribution in [2.24, 2.45) is 0 Å². The lowest BCUT2D eigenvalue weighted by molar-refractivity contribution is 0.0942. The Morgan fingerprint density at radius 1 is 1.20 bits per heavy atom. The molecular weight excluding hydrogens is 384 g/mol. The second-order valence-electron chi connectivity index (χ2n) is 7.02. The number of aromatic nitrogens is 5. The number of rotatable bonds is 9. The zero-order valence-electron chi connectivity index (χ0n) is 16.8. The van der Waals surface area contributed by atoms with Gasteiger partial charge >= 0.3 is 0 Å². The Morgan fingerprint density at radius 2 is 2.10 bits per heavy atom. The SMILES string of the molecule is COCCCn1c(C(=O)NCCCn2ccnc2)cc2c(=O)n3ccccc3nc21. The van der Waals surface area contributed by atoms with Crippen molar-refractivity contribution in [1.82, 2.24) is 28.8 Å². The summed E-state index contributed by atoms with van der Waals surface area (Å²) in [4.78, 5) is 34.5. The number of pyridine rings is 1. The first kappa shape index (κ1) is 19.8. The Bertz CT molecular complexity index is 1210. The van der Waals surface area contributed by atoms with Crippen molar-refractivity contribution in [1.29, 1.82) is 0 Å². The van der Waals surface area contributed by atoms with E-state index >= 15 is 0 Å². The molecule has 1 amide bonds. The highest BCUT2D eigenvalue weighted by atomic mass is 16.5. The smallest absolute Gasteiger partial charge is 0.267 e. The molecule has 0 fully saturated rings. The molecule has 156 valence electrons. The summed E-state index contributed by atoms with van der Waals surface area (Å²) in [6.45, 7) is 2.37. The maximum absolute atomic E-state index is 12.9. The molecule has 9 heteroatoms. The van der Waals surface area contributed by atoms with Crippen LogP contribution in [0.2, 0.25) is 0 Å². The second kappa shape index (κ2) is 8.91. The van der Waals surface area contributed by atoms with Gasteiger partial charge < -0.3 is 19.2 Å². The van der Waals surface area contributed by atoms with E-state index in [0.717, 1.165) is 13.0 Å². The summed E-state index contributed by atoms with van der Waals surface area (Å²) in [6.07, 6.45) is 8.53. The van der Waals surface area contributed by atoms with E-state index in [2.05, 4.69) is 15.3 Å². The van der Waals surface area contributed by atoms with Crippen LogP contribution in [0, 0.1) is 0 Å². The number of nitrogens with zero attached hydrogens (tertiary/aromatic N) is 5. The third kappa shape index (κ3) is 3.97. The van der Waals surface area contributed by atoms with Gasteiger partial charge in [0.15, 0.2) is 0 Å². The van der Waals surface area contributed by atoms with Gasteiger partial charge in [-0.3, -0.25) is 14.0 Å². The molecule has 0 radical (unpaired) electrons. The molecule has 1 N–H and O–H groups in total. The maximum Gasteiger partial charge on any atom is 0.267 e. The van der Waals surface area contributed by atoms with Crippen LogP contribution in [0.4, 0.5) is 0 Å². The van der Waals surface area contributed by atoms with Crippen molar-refractivity contribution in [2.45, 2.75) is 25.9 Å². The van der Waals surface area contributed by atoms with E-state index in [1.165, 1.54) is 4.40 Å². The Hall–Kier alpha value is -3.46. The minimum absolute atomic E-state index is 0.185. The van der Waals surface area contributed by atoms with Gasteiger partial charge in [0.25, 0.3) is 11.5 Å². The zero-order chi connectivity index (χ0) is 20.9. The van der Waals surface area contributed by atoms with Crippen LogP contribution in [0.25, 0.3) is 16.7 Å². The molecule has 0 aliphatic carbocycles. The molecule has 4 aromatic heterocycles. The lowest BCUT2D eigenvalue weighted by atomic mass is 10.3. The average molecular weight is 408 g/mol. The molecule has 0 saturated carbocycles. The van der Waals surface area contributed by atoms with E-state index in [0.29, 0.717) is 48.5 Å². The van der Waals surface area contributed by atoms with Crippen molar-refractivity contribution in [3.05, 3.63) is 65.2 Å². The summed E-state index contributed by atoms with van der Waals surface area (Å²) in [5.74, 6) is -0.218. The molecular formula is C21H24N6O3. The van der Waals surface area contributed by atoms with Crippen LogP contribution in [0.15, 0.2) is 54.0 Å². The number of carbonyl (C=O) groups is 1. The van der Waals surface area contributed by atoms with E-state index < -0.39 is 0 Å². The zero-order valence-corrected chi connectivity index (χ0v) is 16.8. The molecule has 30 heavy (non-hydrogen) atoms. The number of methoxy groups -OCH3 is 1. The Labute approximate surface area is 172 Å². The van der Waals surface area contributed by atoms with Crippen LogP contribution >= 0.6 is 0 Å². The number of carbonyl (C=O) groups excluding carboxylic acids is 1. The maximum atomic E-state index is 12.9. The number of amides is 1. The normalized spacial score (nSPS) is 11.4. The number of fused-ring (bicyclic) bond motifs is 2. The van der Waals surface area contributed by atoms with Crippen LogP contribution in [0.5, 0.6) is 0 Å². The topological polar surface area (TPSA) is 95.5 Å². The third-order valence-corrected chi connectivity index (χ3v) is 4.98. The summed E-state index contributed by atoms with van der Waals surface area (Å²) >= 11 is 0. The molecule has 4 rings (SSSR count). The van der Waals surface area contributed by atoms with E-state index in [4.69, 9.17) is 4.74 Å². The van der Waals surface area contributed by atoms with Crippen LogP contribution in [-0.4, -0.2) is 49.7 Å². The van der Waals surface area contributed by atoms with E-state index in [1.807, 2.05) is 21.4 Å². The number of aryl methyl sites for hydroxylation is 2. The van der Waals surface area contributed by atoms with Crippen molar-refractivity contribution >= 4 is 22.6 Å². The van der Waals surface area contributed by atoms with Gasteiger partial charge in [0.1, 0.15) is 17.0 Å². The summed E-state index contributed by atoms with van der Waals surface area (Å²) in [5.41, 5.74) is 1.32. The predicted molar refractivity (Wildman–Crippen MR) is 113 cm³/mol. The van der Waals surface area contributed by atoms with Crippen LogP contribution in [0.1, 0.15) is 23.3 Å². The molecule has 0 saturated heterocycles. The summed E-state index contributed by atoms with van der Waals surface area (Å²) in [6, 6.07) is 7.04. The quantitative estimate of drug-likeness (QED) is 0.425. The summed E-state index contributed by atoms with van der Waals surface area (Å²) in [5, 5.41) is 3.38. The lowest BCUT2D eigenvalue weighted by Gasteiger charge is -2.11. The molecule has 0 aromatic carbocycles. The highest BCUT2D eigenvalue weighted by Gasteiger charge is 2.19. The number of hydrogen-bond donors (Lipinski definition) is 1. The number of nitrogens with one attached hydrogen (secondary N) is 1. The molecule has 0 unspecified atom stereocenters. The molecule has 0 atom stereocenters. The number of hydrogen-bond acceptors (Lipinski definition) is 5. The molecule has 0 bridgehead atoms. The van der Waals surface area contributed by atoms with Crippen LogP contribution in [0.3, 0.4) is 0 Å². The van der Waals surface area contributed by atoms with Gasteiger partial charge in [-0.15, -0.1) is 0 Å². The minimum atomic E-state index is -0.218. The first-order valence-electron chi connectivity index (χ1n) is 9.92. The largest absolute Gasteiger partial charge is 0.385 e. The highest BCUT2D eigenvalue weighted by molar-refractivity contribution is 5.98. The van der Waals surface area contributed by atoms with Gasteiger partial charge in [-0.25, -0.2) is 9.97 Å². The Kier molecular flexibility index (Phi) is 5.89. The van der Waals surface area contributed by atoms with Gasteiger partial charge in [0.2, 0.25) is 0 Å². The fourth-order valence-corrected chi connectivity index (χ4v) is 3.51. The molecule has 0 aliphatic heterocycles. The molecule has 9 nitrogen and oxygen atoms in total. The lowest BCUT2D eigenvalue weighted by Crippen LogP contribution is -2.27. The van der Waals surface area contributed by atoms with Gasteiger partial charge in [0, 0.05) is 51.9 Å². The van der Waals surface area contributed by atoms with Gasteiger partial charge in [-0.1, -0.05) is 6.07 Å². The monoisotopic (exact) mass is 408 g/mol. The van der Waals surface area contributed by atoms with Gasteiger partial charge in [0.05, 0.1) is 11.7 Å². The fourth-order valence-electron chi connectivity index (χ4n) is 3.51. The van der Waals surface area contributed by atoms with Crippen molar-refractivity contribution in [3.63, 3.8) is 0 Å². The molecule has 4 heterocycles. The van der Waals surface area contributed by atoms with Crippen molar-refractivity contribution < 1.29 is 9.53 Å². The van der Waals surface area contributed by atoms with Gasteiger partial charge in [-0.05, 0) is 31.0 Å². The molecule has 0 spiro atoms. The summed E-state index contributed by atoms with van der Waals surface area (Å²) in [7, 11) is 1.64. The average Bonchev–Trinajstić information content (AvgIpc) is 3.40. The van der Waals surface area contributed by atoms with E-state index in [1.54, 1.807) is 44.0 Å². The first-order valence-corrected chi connectivity index (χ1v) is 9.92. The van der Waals surface area contributed by atoms with E-state index in [9.17, 15) is 9.59 Å². The number of ether oxygens (including phenoxy) is 1. The predicted octanol–water partition coefficient (Wildman–Crippen LogP) is 1.70. The molecule has 4 aromatic rings. The first-order chi connectivity index (χ1) is 14.7. The van der Waals surface area contributed by atoms with Crippen LogP contribution in [-0.2, 0) is 17.8 Å².